The van der Waals surface area contributed by atoms with Crippen molar-refractivity contribution < 1.29 is 23.1 Å². The van der Waals surface area contributed by atoms with Gasteiger partial charge in [0, 0.05) is 7.11 Å². The molecule has 0 amide bonds. The molecule has 0 fully saturated rings. The quantitative estimate of drug-likeness (QED) is 0.772. The van der Waals surface area contributed by atoms with Crippen LogP contribution in [0.15, 0.2) is 30.3 Å². The Kier molecular flexibility index (Phi) is 5.46. The van der Waals surface area contributed by atoms with Crippen LogP contribution in [0.2, 0.25) is 0 Å². The fraction of sp³-hybridized carbons (Fsp3) is 0.417. The predicted molar refractivity (Wildman–Crippen MR) is 70.2 cm³/mol. The molecule has 1 aromatic carbocycles. The second-order valence-electron chi connectivity index (χ2n) is 4.13. The van der Waals surface area contributed by atoms with E-state index < -0.39 is 28.1 Å². The molecule has 0 heterocycles. The minimum Gasteiger partial charge on any atom is -0.480 e. The average Bonchev–Trinajstić information content (AvgIpc) is 2.36. The van der Waals surface area contributed by atoms with Crippen LogP contribution in [-0.2, 0) is 19.6 Å². The molecule has 0 saturated carbocycles. The van der Waals surface area contributed by atoms with E-state index in [4.69, 9.17) is 9.84 Å². The number of benzene rings is 1. The van der Waals surface area contributed by atoms with Crippen molar-refractivity contribution in [1.29, 1.82) is 0 Å². The molecule has 0 aliphatic carbocycles. The van der Waals surface area contributed by atoms with E-state index >= 15 is 0 Å². The van der Waals surface area contributed by atoms with Crippen molar-refractivity contribution in [3.8, 4) is 0 Å². The van der Waals surface area contributed by atoms with E-state index in [1.807, 2.05) is 0 Å². The van der Waals surface area contributed by atoms with E-state index in [1.165, 1.54) is 7.11 Å². The fourth-order valence-corrected chi connectivity index (χ4v) is 2.96. The highest BCUT2D eigenvalue weighted by Crippen LogP contribution is 2.14. The molecule has 0 saturated heterocycles. The molecule has 0 bridgehead atoms. The van der Waals surface area contributed by atoms with Crippen molar-refractivity contribution in [2.75, 3.05) is 12.9 Å². The number of methoxy groups -OCH3 is 1. The molecule has 0 spiro atoms. The third-order valence-corrected chi connectivity index (χ3v) is 4.04. The summed E-state index contributed by atoms with van der Waals surface area (Å²) in [6.07, 6.45) is -0.511. The molecule has 1 rings (SSSR count). The van der Waals surface area contributed by atoms with Gasteiger partial charge in [0.2, 0.25) is 10.0 Å². The number of sulfonamides is 1. The van der Waals surface area contributed by atoms with Gasteiger partial charge < -0.3 is 9.84 Å². The third-order valence-electron chi connectivity index (χ3n) is 2.53. The maximum absolute atomic E-state index is 11.8. The lowest BCUT2D eigenvalue weighted by Gasteiger charge is -2.17. The highest BCUT2D eigenvalue weighted by Gasteiger charge is 2.26. The van der Waals surface area contributed by atoms with Gasteiger partial charge in [-0.25, -0.2) is 8.42 Å². The Morgan fingerprint density at radius 2 is 1.95 bits per heavy atom. The maximum Gasteiger partial charge on any atom is 0.326 e. The molecular weight excluding hydrogens is 270 g/mol. The number of ether oxygens (including phenoxy) is 1. The number of hydrogen-bond acceptors (Lipinski definition) is 4. The first-order chi connectivity index (χ1) is 8.85. The molecule has 19 heavy (non-hydrogen) atoms. The number of aliphatic carboxylic acids is 1. The third kappa shape index (κ3) is 4.98. The molecule has 7 heteroatoms. The number of carboxylic acids is 1. The van der Waals surface area contributed by atoms with Crippen LogP contribution in [0.1, 0.15) is 18.5 Å². The summed E-state index contributed by atoms with van der Waals surface area (Å²) in [4.78, 5) is 11.2. The first kappa shape index (κ1) is 15.6. The number of carboxylic acid groups (broad SMARTS) is 1. The maximum atomic E-state index is 11.8. The fourth-order valence-electron chi connectivity index (χ4n) is 1.51. The lowest BCUT2D eigenvalue weighted by Crippen LogP contribution is -2.38. The Morgan fingerprint density at radius 1 is 1.37 bits per heavy atom. The largest absolute Gasteiger partial charge is 0.480 e. The summed E-state index contributed by atoms with van der Waals surface area (Å²) in [5.74, 6) is -1.54. The zero-order valence-corrected chi connectivity index (χ0v) is 11.6. The van der Waals surface area contributed by atoms with Crippen molar-refractivity contribution in [2.45, 2.75) is 19.1 Å². The zero-order chi connectivity index (χ0) is 14.5. The monoisotopic (exact) mass is 287 g/mol. The van der Waals surface area contributed by atoms with Crippen LogP contribution in [0.5, 0.6) is 0 Å². The molecule has 2 N–H and O–H groups in total. The Balaban J connectivity index is 2.89. The summed E-state index contributed by atoms with van der Waals surface area (Å²) in [5, 5.41) is 9.12. The Bertz CT molecular complexity index is 514. The van der Waals surface area contributed by atoms with Crippen molar-refractivity contribution in [3.63, 3.8) is 0 Å². The normalized spacial score (nSPS) is 14.8. The molecule has 1 aromatic rings. The van der Waals surface area contributed by atoms with Crippen LogP contribution in [0.4, 0.5) is 0 Å². The van der Waals surface area contributed by atoms with Crippen molar-refractivity contribution >= 4 is 16.0 Å². The smallest absolute Gasteiger partial charge is 0.326 e. The molecule has 2 atom stereocenters. The van der Waals surface area contributed by atoms with Crippen LogP contribution in [-0.4, -0.2) is 38.5 Å². The topological polar surface area (TPSA) is 92.7 Å². The number of hydrogen-bond donors (Lipinski definition) is 2. The van der Waals surface area contributed by atoms with Gasteiger partial charge in [-0.1, -0.05) is 30.3 Å². The Morgan fingerprint density at radius 3 is 2.42 bits per heavy atom. The van der Waals surface area contributed by atoms with Crippen molar-refractivity contribution in [1.82, 2.24) is 4.72 Å². The van der Waals surface area contributed by atoms with E-state index in [-0.39, 0.29) is 5.75 Å². The van der Waals surface area contributed by atoms with Gasteiger partial charge in [-0.05, 0) is 12.5 Å². The summed E-state index contributed by atoms with van der Waals surface area (Å²) < 4.78 is 30.7. The van der Waals surface area contributed by atoms with E-state index in [2.05, 4.69) is 4.72 Å². The molecule has 6 nitrogen and oxygen atoms in total. The average molecular weight is 287 g/mol. The van der Waals surface area contributed by atoms with E-state index in [9.17, 15) is 13.2 Å². The second kappa shape index (κ2) is 6.65. The van der Waals surface area contributed by atoms with Gasteiger partial charge in [0.15, 0.2) is 0 Å². The Labute approximate surface area is 112 Å². The highest BCUT2D eigenvalue weighted by molar-refractivity contribution is 7.89. The summed E-state index contributed by atoms with van der Waals surface area (Å²) >= 11 is 0. The van der Waals surface area contributed by atoms with E-state index in [1.54, 1.807) is 37.3 Å². The first-order valence-corrected chi connectivity index (χ1v) is 7.31. The van der Waals surface area contributed by atoms with Gasteiger partial charge in [-0.2, -0.15) is 4.72 Å². The molecule has 106 valence electrons. The lowest BCUT2D eigenvalue weighted by atomic mass is 10.1. The number of rotatable bonds is 7. The second-order valence-corrected chi connectivity index (χ2v) is 5.93. The van der Waals surface area contributed by atoms with Gasteiger partial charge in [0.05, 0.1) is 11.9 Å². The standard InChI is InChI=1S/C12H17NO5S/c1-9(18-2)8-19(16,17)13-11(12(14)15)10-6-4-3-5-7-10/h3-7,9,11,13H,8H2,1-2H3,(H,14,15)/t9?,11-/m1/s1. The molecule has 0 radical (unpaired) electrons. The van der Waals surface area contributed by atoms with Crippen LogP contribution >= 0.6 is 0 Å². The lowest BCUT2D eigenvalue weighted by molar-refractivity contribution is -0.139. The summed E-state index contributed by atoms with van der Waals surface area (Å²) in [6, 6.07) is 6.84. The molecule has 0 aliphatic rings. The molecule has 0 aromatic heterocycles. The number of nitrogens with one attached hydrogen (secondary N) is 1. The highest BCUT2D eigenvalue weighted by atomic mass is 32.2. The van der Waals surface area contributed by atoms with E-state index in [0.29, 0.717) is 5.56 Å². The summed E-state index contributed by atoms with van der Waals surface area (Å²) in [6.45, 7) is 1.59. The van der Waals surface area contributed by atoms with Gasteiger partial charge >= 0.3 is 5.97 Å². The van der Waals surface area contributed by atoms with Crippen LogP contribution in [0.3, 0.4) is 0 Å². The molecular formula is C12H17NO5S. The summed E-state index contributed by atoms with van der Waals surface area (Å²) in [7, 11) is -2.35. The first-order valence-electron chi connectivity index (χ1n) is 5.66. The number of carbonyl (C=O) groups is 1. The van der Waals surface area contributed by atoms with Gasteiger partial charge in [-0.15, -0.1) is 0 Å². The van der Waals surface area contributed by atoms with Gasteiger partial charge in [0.1, 0.15) is 6.04 Å². The van der Waals surface area contributed by atoms with Gasteiger partial charge in [-0.3, -0.25) is 4.79 Å². The Hall–Kier alpha value is -1.44. The van der Waals surface area contributed by atoms with Crippen molar-refractivity contribution in [3.05, 3.63) is 35.9 Å². The van der Waals surface area contributed by atoms with Crippen LogP contribution in [0, 0.1) is 0 Å². The van der Waals surface area contributed by atoms with Crippen LogP contribution in [0.25, 0.3) is 0 Å². The predicted octanol–water partition coefficient (Wildman–Crippen LogP) is 0.767. The zero-order valence-electron chi connectivity index (χ0n) is 10.7. The van der Waals surface area contributed by atoms with Crippen molar-refractivity contribution in [2.24, 2.45) is 0 Å². The summed E-state index contributed by atoms with van der Waals surface area (Å²) in [5.41, 5.74) is 0.378. The SMILES string of the molecule is COC(C)CS(=O)(=O)N[C@@H](C(=O)O)c1ccccc1. The molecule has 1 unspecified atom stereocenters. The minimum absolute atomic E-state index is 0.292. The molecule has 0 aliphatic heterocycles. The minimum atomic E-state index is -3.74. The van der Waals surface area contributed by atoms with Gasteiger partial charge in [0.25, 0.3) is 0 Å². The van der Waals surface area contributed by atoms with E-state index in [0.717, 1.165) is 0 Å². The van der Waals surface area contributed by atoms with Crippen LogP contribution < -0.4 is 4.72 Å².